The largest absolute Gasteiger partial charge is 0.488 e. The maximum atomic E-state index is 13.2. The van der Waals surface area contributed by atoms with Crippen molar-refractivity contribution in [3.05, 3.63) is 46.6 Å². The fourth-order valence-electron chi connectivity index (χ4n) is 5.35. The third-order valence-corrected chi connectivity index (χ3v) is 7.24. The summed E-state index contributed by atoms with van der Waals surface area (Å²) in [6, 6.07) is 5.56. The third kappa shape index (κ3) is 2.98. The maximum absolute atomic E-state index is 13.2. The molecular formula is C23H26N6O3. The minimum atomic E-state index is -0.184. The van der Waals surface area contributed by atoms with Crippen molar-refractivity contribution in [2.45, 2.75) is 32.1 Å². The predicted octanol–water partition coefficient (Wildman–Crippen LogP) is 2.36. The highest BCUT2D eigenvalue weighted by Gasteiger charge is 2.41. The van der Waals surface area contributed by atoms with E-state index in [4.69, 9.17) is 4.74 Å². The lowest BCUT2D eigenvalue weighted by atomic mass is 9.64. The summed E-state index contributed by atoms with van der Waals surface area (Å²) >= 11 is 0. The molecule has 2 aliphatic heterocycles. The first-order chi connectivity index (χ1) is 15.5. The fraction of sp³-hybridized carbons (Fsp3) is 0.478. The molecule has 1 saturated carbocycles. The number of amides is 1. The van der Waals surface area contributed by atoms with Gasteiger partial charge in [-0.05, 0) is 43.2 Å². The number of aromatic nitrogens is 4. The van der Waals surface area contributed by atoms with E-state index < -0.39 is 0 Å². The number of likely N-dealkylation sites (tertiary alicyclic amines) is 1. The first kappa shape index (κ1) is 19.3. The molecule has 0 N–H and O–H groups in total. The van der Waals surface area contributed by atoms with Crippen LogP contribution in [0.1, 0.15) is 42.5 Å². The van der Waals surface area contributed by atoms with E-state index >= 15 is 0 Å². The fourth-order valence-corrected chi connectivity index (χ4v) is 5.35. The van der Waals surface area contributed by atoms with Crippen molar-refractivity contribution in [1.82, 2.24) is 24.1 Å². The molecule has 166 valence electrons. The van der Waals surface area contributed by atoms with Gasteiger partial charge in [0.15, 0.2) is 17.2 Å². The standard InChI is InChI=1S/C23H26N6O3/c1-26-22(31)29-9-4-17(13-19(29)25-26)28-10-11-32-18-12-16(14-24-20(18)28)21(30)27-8-3-7-23(15-27)5-2-6-23/h4,9,12-14H,2-3,5-8,10-11,15H2,1H3. The highest BCUT2D eigenvalue weighted by atomic mass is 16.5. The Bertz CT molecular complexity index is 1270. The average molecular weight is 435 g/mol. The smallest absolute Gasteiger partial charge is 0.350 e. The summed E-state index contributed by atoms with van der Waals surface area (Å²) in [7, 11) is 1.63. The molecule has 0 bridgehead atoms. The molecule has 6 rings (SSSR count). The van der Waals surface area contributed by atoms with Crippen molar-refractivity contribution >= 4 is 23.1 Å². The summed E-state index contributed by atoms with van der Waals surface area (Å²) in [6.45, 7) is 2.78. The quantitative estimate of drug-likeness (QED) is 0.616. The molecule has 3 aromatic rings. The van der Waals surface area contributed by atoms with Gasteiger partial charge in [-0.3, -0.25) is 9.20 Å². The predicted molar refractivity (Wildman–Crippen MR) is 119 cm³/mol. The number of rotatable bonds is 2. The average Bonchev–Trinajstić information content (AvgIpc) is 3.09. The van der Waals surface area contributed by atoms with Gasteiger partial charge in [0.2, 0.25) is 0 Å². The number of hydrogen-bond donors (Lipinski definition) is 0. The van der Waals surface area contributed by atoms with Crippen LogP contribution in [0.4, 0.5) is 11.5 Å². The Balaban J connectivity index is 1.29. The van der Waals surface area contributed by atoms with Crippen molar-refractivity contribution < 1.29 is 9.53 Å². The first-order valence-corrected chi connectivity index (χ1v) is 11.3. The van der Waals surface area contributed by atoms with Crippen molar-refractivity contribution in [3.63, 3.8) is 0 Å². The Hall–Kier alpha value is -3.36. The van der Waals surface area contributed by atoms with Gasteiger partial charge in [-0.1, -0.05) is 6.42 Å². The van der Waals surface area contributed by atoms with E-state index in [1.54, 1.807) is 19.4 Å². The molecule has 3 aromatic heterocycles. The molecule has 0 aromatic carbocycles. The molecule has 1 spiro atoms. The number of piperidine rings is 1. The SMILES string of the molecule is Cn1nc2cc(N3CCOc4cc(C(=O)N5CCCC6(CCC6)C5)cnc43)ccn2c1=O. The summed E-state index contributed by atoms with van der Waals surface area (Å²) in [6.07, 6.45) is 9.46. The summed E-state index contributed by atoms with van der Waals surface area (Å²) in [4.78, 5) is 34.0. The van der Waals surface area contributed by atoms with E-state index in [1.165, 1.54) is 34.8 Å². The number of carbonyl (C=O) groups is 1. The Morgan fingerprint density at radius 2 is 2.00 bits per heavy atom. The molecule has 2 fully saturated rings. The van der Waals surface area contributed by atoms with E-state index in [1.807, 2.05) is 28.0 Å². The van der Waals surface area contributed by atoms with Crippen molar-refractivity contribution in [1.29, 1.82) is 0 Å². The third-order valence-electron chi connectivity index (χ3n) is 7.24. The molecule has 0 unspecified atom stereocenters. The molecule has 9 heteroatoms. The number of carbonyl (C=O) groups excluding carboxylic acids is 1. The molecule has 1 saturated heterocycles. The highest BCUT2D eigenvalue weighted by Crippen LogP contribution is 2.47. The Labute approximate surface area is 185 Å². The zero-order valence-electron chi connectivity index (χ0n) is 18.2. The van der Waals surface area contributed by atoms with Crippen LogP contribution in [0.3, 0.4) is 0 Å². The molecule has 0 radical (unpaired) electrons. The number of ether oxygens (including phenoxy) is 1. The number of nitrogens with zero attached hydrogens (tertiary/aromatic N) is 6. The van der Waals surface area contributed by atoms with Crippen LogP contribution < -0.4 is 15.3 Å². The molecule has 1 amide bonds. The van der Waals surface area contributed by atoms with Gasteiger partial charge in [-0.15, -0.1) is 0 Å². The molecule has 1 aliphatic carbocycles. The molecule has 9 nitrogen and oxygen atoms in total. The van der Waals surface area contributed by atoms with Crippen LogP contribution >= 0.6 is 0 Å². The number of pyridine rings is 2. The van der Waals surface area contributed by atoms with E-state index in [-0.39, 0.29) is 11.6 Å². The lowest BCUT2D eigenvalue weighted by Crippen LogP contribution is -2.49. The number of anilines is 2. The number of fused-ring (bicyclic) bond motifs is 2. The Morgan fingerprint density at radius 3 is 2.81 bits per heavy atom. The van der Waals surface area contributed by atoms with Gasteiger partial charge in [0.05, 0.1) is 12.1 Å². The van der Waals surface area contributed by atoms with Gasteiger partial charge in [0.25, 0.3) is 5.91 Å². The van der Waals surface area contributed by atoms with Crippen LogP contribution in [-0.4, -0.2) is 56.2 Å². The normalized spacial score (nSPS) is 19.5. The minimum Gasteiger partial charge on any atom is -0.488 e. The Kier molecular flexibility index (Phi) is 4.28. The monoisotopic (exact) mass is 434 g/mol. The van der Waals surface area contributed by atoms with E-state index in [0.717, 1.165) is 25.2 Å². The van der Waals surface area contributed by atoms with Crippen LogP contribution in [0.15, 0.2) is 35.4 Å². The van der Waals surface area contributed by atoms with Crippen molar-refractivity contribution in [3.8, 4) is 5.75 Å². The lowest BCUT2D eigenvalue weighted by molar-refractivity contribution is 0.0185. The van der Waals surface area contributed by atoms with Crippen LogP contribution in [0.5, 0.6) is 5.75 Å². The molecule has 32 heavy (non-hydrogen) atoms. The first-order valence-electron chi connectivity index (χ1n) is 11.3. The van der Waals surface area contributed by atoms with Crippen LogP contribution in [0.25, 0.3) is 5.65 Å². The topological polar surface area (TPSA) is 85.0 Å². The summed E-state index contributed by atoms with van der Waals surface area (Å²) in [5.41, 5.74) is 2.20. The van der Waals surface area contributed by atoms with Gasteiger partial charge < -0.3 is 14.5 Å². The maximum Gasteiger partial charge on any atom is 0.350 e. The second-order valence-corrected chi connectivity index (χ2v) is 9.25. The molecule has 0 atom stereocenters. The second-order valence-electron chi connectivity index (χ2n) is 9.25. The zero-order valence-corrected chi connectivity index (χ0v) is 18.2. The Morgan fingerprint density at radius 1 is 1.16 bits per heavy atom. The summed E-state index contributed by atoms with van der Waals surface area (Å²) in [5.74, 6) is 1.32. The second kappa shape index (κ2) is 7.08. The van der Waals surface area contributed by atoms with Crippen molar-refractivity contribution in [2.24, 2.45) is 12.5 Å². The van der Waals surface area contributed by atoms with Gasteiger partial charge in [-0.2, -0.15) is 5.10 Å². The summed E-state index contributed by atoms with van der Waals surface area (Å²) in [5, 5.41) is 4.28. The molecular weight excluding hydrogens is 408 g/mol. The van der Waals surface area contributed by atoms with Crippen LogP contribution in [0.2, 0.25) is 0 Å². The van der Waals surface area contributed by atoms with Gasteiger partial charge >= 0.3 is 5.69 Å². The lowest BCUT2D eigenvalue weighted by Gasteiger charge is -2.48. The van der Waals surface area contributed by atoms with Gasteiger partial charge in [-0.25, -0.2) is 14.5 Å². The zero-order chi connectivity index (χ0) is 21.9. The van der Waals surface area contributed by atoms with E-state index in [9.17, 15) is 9.59 Å². The van der Waals surface area contributed by atoms with Crippen molar-refractivity contribution in [2.75, 3.05) is 31.1 Å². The van der Waals surface area contributed by atoms with Crippen LogP contribution in [0, 0.1) is 5.41 Å². The van der Waals surface area contributed by atoms with Crippen LogP contribution in [-0.2, 0) is 7.05 Å². The van der Waals surface area contributed by atoms with Gasteiger partial charge in [0, 0.05) is 44.3 Å². The minimum absolute atomic E-state index is 0.0429. The van der Waals surface area contributed by atoms with Gasteiger partial charge in [0.1, 0.15) is 6.61 Å². The van der Waals surface area contributed by atoms with E-state index in [2.05, 4.69) is 10.1 Å². The molecule has 3 aliphatic rings. The molecule has 5 heterocycles. The highest BCUT2D eigenvalue weighted by molar-refractivity contribution is 5.95. The number of hydrogen-bond acceptors (Lipinski definition) is 6. The number of aryl methyl sites for hydroxylation is 1. The van der Waals surface area contributed by atoms with E-state index in [0.29, 0.717) is 41.3 Å². The summed E-state index contributed by atoms with van der Waals surface area (Å²) < 4.78 is 8.71.